The zero-order chi connectivity index (χ0) is 25.2. The molecule has 178 valence electrons. The number of para-hydroxylation sites is 1. The summed E-state index contributed by atoms with van der Waals surface area (Å²) in [7, 11) is 0. The first kappa shape index (κ1) is 25.1. The average molecular weight is 470 g/mol. The number of carbonyl (C=O) groups excluding carboxylic acids is 2. The number of hydrogen-bond acceptors (Lipinski definition) is 5. The maximum atomic E-state index is 12.6. The summed E-state index contributed by atoms with van der Waals surface area (Å²) in [4.78, 5) is 24.9. The van der Waals surface area contributed by atoms with Gasteiger partial charge in [-0.15, -0.1) is 0 Å². The van der Waals surface area contributed by atoms with Crippen molar-refractivity contribution in [2.45, 2.75) is 20.8 Å². The van der Waals surface area contributed by atoms with Crippen molar-refractivity contribution in [3.63, 3.8) is 0 Å². The largest absolute Gasteiger partial charge is 0.490 e. The van der Waals surface area contributed by atoms with Gasteiger partial charge in [0.05, 0.1) is 6.61 Å². The SMILES string of the molecule is CCOc1cc(/C=C(\C#N)C(=O)Nc2ccccc2C)ccc1OCC(=O)Nc1ccc(C)cc1. The fourth-order valence-electron chi connectivity index (χ4n) is 3.20. The first-order valence-electron chi connectivity index (χ1n) is 11.1. The van der Waals surface area contributed by atoms with Gasteiger partial charge in [-0.05, 0) is 68.3 Å². The molecular formula is C28H27N3O4. The lowest BCUT2D eigenvalue weighted by atomic mass is 10.1. The molecule has 3 rings (SSSR count). The Morgan fingerprint density at radius 3 is 2.37 bits per heavy atom. The van der Waals surface area contributed by atoms with Crippen molar-refractivity contribution in [2.24, 2.45) is 0 Å². The fraction of sp³-hybridized carbons (Fsp3) is 0.179. The predicted octanol–water partition coefficient (Wildman–Crippen LogP) is 5.27. The van der Waals surface area contributed by atoms with Gasteiger partial charge in [0.1, 0.15) is 11.6 Å². The van der Waals surface area contributed by atoms with Crippen molar-refractivity contribution >= 4 is 29.3 Å². The summed E-state index contributed by atoms with van der Waals surface area (Å²) in [6.45, 7) is 5.84. The van der Waals surface area contributed by atoms with E-state index in [1.54, 1.807) is 24.3 Å². The van der Waals surface area contributed by atoms with Crippen LogP contribution in [0, 0.1) is 25.2 Å². The smallest absolute Gasteiger partial charge is 0.266 e. The number of anilines is 2. The topological polar surface area (TPSA) is 100 Å². The second kappa shape index (κ2) is 12.1. The first-order valence-corrected chi connectivity index (χ1v) is 11.1. The number of ether oxygens (including phenoxy) is 2. The number of nitrogens with one attached hydrogen (secondary N) is 2. The van der Waals surface area contributed by atoms with E-state index in [0.29, 0.717) is 35.0 Å². The van der Waals surface area contributed by atoms with E-state index in [-0.39, 0.29) is 18.1 Å². The molecule has 0 saturated heterocycles. The third-order valence-electron chi connectivity index (χ3n) is 5.03. The number of hydrogen-bond donors (Lipinski definition) is 2. The van der Waals surface area contributed by atoms with Crippen LogP contribution in [0.5, 0.6) is 11.5 Å². The molecule has 7 nitrogen and oxygen atoms in total. The maximum Gasteiger partial charge on any atom is 0.266 e. The Morgan fingerprint density at radius 1 is 0.943 bits per heavy atom. The Balaban J connectivity index is 1.71. The molecule has 0 radical (unpaired) electrons. The quantitative estimate of drug-likeness (QED) is 0.329. The van der Waals surface area contributed by atoms with Gasteiger partial charge in [-0.3, -0.25) is 9.59 Å². The molecule has 0 bridgehead atoms. The number of aryl methyl sites for hydroxylation is 2. The van der Waals surface area contributed by atoms with E-state index < -0.39 is 5.91 Å². The number of nitrogens with zero attached hydrogens (tertiary/aromatic N) is 1. The lowest BCUT2D eigenvalue weighted by Gasteiger charge is -2.13. The van der Waals surface area contributed by atoms with Crippen molar-refractivity contribution in [1.82, 2.24) is 0 Å². The molecule has 3 aromatic rings. The molecule has 0 aliphatic carbocycles. The van der Waals surface area contributed by atoms with Crippen molar-refractivity contribution in [3.05, 3.63) is 89.0 Å². The maximum absolute atomic E-state index is 12.6. The second-order valence-electron chi connectivity index (χ2n) is 7.78. The average Bonchev–Trinajstić information content (AvgIpc) is 2.85. The zero-order valence-corrected chi connectivity index (χ0v) is 19.9. The number of rotatable bonds is 9. The van der Waals surface area contributed by atoms with Crippen molar-refractivity contribution in [1.29, 1.82) is 5.26 Å². The van der Waals surface area contributed by atoms with Gasteiger partial charge in [0, 0.05) is 11.4 Å². The van der Waals surface area contributed by atoms with Gasteiger partial charge >= 0.3 is 0 Å². The highest BCUT2D eigenvalue weighted by Gasteiger charge is 2.13. The van der Waals surface area contributed by atoms with E-state index in [1.165, 1.54) is 6.08 Å². The summed E-state index contributed by atoms with van der Waals surface area (Å²) in [6, 6.07) is 21.7. The van der Waals surface area contributed by atoms with Gasteiger partial charge in [-0.2, -0.15) is 5.26 Å². The molecule has 0 unspecified atom stereocenters. The molecule has 0 spiro atoms. The number of carbonyl (C=O) groups is 2. The van der Waals surface area contributed by atoms with E-state index in [0.717, 1.165) is 11.1 Å². The van der Waals surface area contributed by atoms with Crippen LogP contribution in [-0.4, -0.2) is 25.0 Å². The molecule has 2 amide bonds. The molecule has 0 heterocycles. The van der Waals surface area contributed by atoms with E-state index in [1.807, 2.05) is 69.3 Å². The lowest BCUT2D eigenvalue weighted by Crippen LogP contribution is -2.20. The molecule has 0 atom stereocenters. The zero-order valence-electron chi connectivity index (χ0n) is 19.9. The third-order valence-corrected chi connectivity index (χ3v) is 5.03. The molecule has 0 aliphatic rings. The Morgan fingerprint density at radius 2 is 1.69 bits per heavy atom. The molecular weight excluding hydrogens is 442 g/mol. The molecule has 0 aromatic heterocycles. The number of amides is 2. The van der Waals surface area contributed by atoms with Crippen LogP contribution in [0.2, 0.25) is 0 Å². The highest BCUT2D eigenvalue weighted by Crippen LogP contribution is 2.29. The van der Waals surface area contributed by atoms with Gasteiger partial charge in [-0.25, -0.2) is 0 Å². The molecule has 2 N–H and O–H groups in total. The summed E-state index contributed by atoms with van der Waals surface area (Å²) in [5.74, 6) is -0.0281. The van der Waals surface area contributed by atoms with Gasteiger partial charge < -0.3 is 20.1 Å². The summed E-state index contributed by atoms with van der Waals surface area (Å²) in [6.07, 6.45) is 1.48. The Bertz CT molecular complexity index is 1270. The van der Waals surface area contributed by atoms with Crippen molar-refractivity contribution < 1.29 is 19.1 Å². The van der Waals surface area contributed by atoms with Crippen LogP contribution in [0.25, 0.3) is 6.08 Å². The number of benzene rings is 3. The standard InChI is InChI=1S/C28H27N3O4/c1-4-34-26-16-21(15-22(17-29)28(33)31-24-8-6-5-7-20(24)3)11-14-25(26)35-18-27(32)30-23-12-9-19(2)10-13-23/h5-16H,4,18H2,1-3H3,(H,30,32)(H,31,33)/b22-15+. The van der Waals surface area contributed by atoms with Gasteiger partial charge in [-0.1, -0.05) is 42.0 Å². The van der Waals surface area contributed by atoms with Crippen LogP contribution in [0.1, 0.15) is 23.6 Å². The Labute approximate surface area is 205 Å². The van der Waals surface area contributed by atoms with Crippen LogP contribution in [0.4, 0.5) is 11.4 Å². The highest BCUT2D eigenvalue weighted by molar-refractivity contribution is 6.10. The van der Waals surface area contributed by atoms with Crippen LogP contribution < -0.4 is 20.1 Å². The van der Waals surface area contributed by atoms with Crippen LogP contribution in [0.15, 0.2) is 72.3 Å². The molecule has 3 aromatic carbocycles. The summed E-state index contributed by atoms with van der Waals surface area (Å²) >= 11 is 0. The van der Waals surface area contributed by atoms with Gasteiger partial charge in [0.2, 0.25) is 0 Å². The van der Waals surface area contributed by atoms with E-state index >= 15 is 0 Å². The highest BCUT2D eigenvalue weighted by atomic mass is 16.5. The minimum atomic E-state index is -0.507. The van der Waals surface area contributed by atoms with Crippen LogP contribution >= 0.6 is 0 Å². The summed E-state index contributed by atoms with van der Waals surface area (Å²) in [5.41, 5.74) is 3.85. The lowest BCUT2D eigenvalue weighted by molar-refractivity contribution is -0.118. The second-order valence-corrected chi connectivity index (χ2v) is 7.78. The summed E-state index contributed by atoms with van der Waals surface area (Å²) in [5, 5.41) is 15.1. The molecule has 7 heteroatoms. The van der Waals surface area contributed by atoms with Crippen molar-refractivity contribution in [3.8, 4) is 17.6 Å². The van der Waals surface area contributed by atoms with Crippen molar-refractivity contribution in [2.75, 3.05) is 23.8 Å². The van der Waals surface area contributed by atoms with Crippen LogP contribution in [0.3, 0.4) is 0 Å². The minimum Gasteiger partial charge on any atom is -0.490 e. The van der Waals surface area contributed by atoms with Gasteiger partial charge in [0.25, 0.3) is 11.8 Å². The Hall–Kier alpha value is -4.57. The van der Waals surface area contributed by atoms with Crippen LogP contribution in [-0.2, 0) is 9.59 Å². The Kier molecular flexibility index (Phi) is 8.63. The number of nitriles is 1. The van der Waals surface area contributed by atoms with E-state index in [4.69, 9.17) is 9.47 Å². The fourth-order valence-corrected chi connectivity index (χ4v) is 3.20. The third kappa shape index (κ3) is 7.21. The van der Waals surface area contributed by atoms with E-state index in [9.17, 15) is 14.9 Å². The minimum absolute atomic E-state index is 0.0538. The summed E-state index contributed by atoms with van der Waals surface area (Å²) < 4.78 is 11.3. The van der Waals surface area contributed by atoms with Gasteiger partial charge in [0.15, 0.2) is 18.1 Å². The predicted molar refractivity (Wildman–Crippen MR) is 136 cm³/mol. The van der Waals surface area contributed by atoms with E-state index in [2.05, 4.69) is 10.6 Å². The monoisotopic (exact) mass is 469 g/mol. The first-order chi connectivity index (χ1) is 16.9. The molecule has 0 saturated carbocycles. The molecule has 0 fully saturated rings. The normalized spacial score (nSPS) is 10.7. The molecule has 35 heavy (non-hydrogen) atoms. The molecule has 0 aliphatic heterocycles.